The van der Waals surface area contributed by atoms with Gasteiger partial charge in [-0.05, 0) is 12.1 Å². The zero-order valence-corrected chi connectivity index (χ0v) is 10.8. The lowest BCUT2D eigenvalue weighted by Crippen LogP contribution is -2.05. The lowest BCUT2D eigenvalue weighted by molar-refractivity contribution is 0.0714. The largest absolute Gasteiger partial charge is 0.455 e. The fraction of sp³-hybridized carbons (Fsp3) is 0.500. The Labute approximate surface area is 110 Å². The van der Waals surface area contributed by atoms with Crippen molar-refractivity contribution in [2.45, 2.75) is 13.0 Å². The lowest BCUT2D eigenvalue weighted by Gasteiger charge is -1.99. The highest BCUT2D eigenvalue weighted by atomic mass is 16.5. The van der Waals surface area contributed by atoms with Gasteiger partial charge in [-0.2, -0.15) is 4.98 Å². The molecule has 2 aromatic rings. The fourth-order valence-corrected chi connectivity index (χ4v) is 1.47. The predicted molar refractivity (Wildman–Crippen MR) is 66.3 cm³/mol. The summed E-state index contributed by atoms with van der Waals surface area (Å²) in [5, 5.41) is 3.86. The van der Waals surface area contributed by atoms with Crippen LogP contribution in [-0.4, -0.2) is 37.1 Å². The molecule has 0 amide bonds. The molecule has 2 heterocycles. The summed E-state index contributed by atoms with van der Waals surface area (Å²) in [4.78, 5) is 4.22. The Morgan fingerprint density at radius 2 is 2.16 bits per heavy atom. The van der Waals surface area contributed by atoms with Gasteiger partial charge in [-0.25, -0.2) is 0 Å². The minimum Gasteiger partial charge on any atom is -0.455 e. The Morgan fingerprint density at radius 3 is 2.89 bits per heavy atom. The van der Waals surface area contributed by atoms with Crippen molar-refractivity contribution in [3.8, 4) is 11.7 Å². The Morgan fingerprint density at radius 1 is 1.26 bits per heavy atom. The zero-order chi connectivity index (χ0) is 13.5. The van der Waals surface area contributed by atoms with E-state index in [4.69, 9.17) is 24.1 Å². The van der Waals surface area contributed by atoms with E-state index in [1.807, 2.05) is 0 Å². The molecular formula is C12H17N3O4. The van der Waals surface area contributed by atoms with E-state index in [2.05, 4.69) is 10.1 Å². The van der Waals surface area contributed by atoms with Crippen molar-refractivity contribution < 1.29 is 18.4 Å². The third kappa shape index (κ3) is 3.88. The molecule has 7 nitrogen and oxygen atoms in total. The molecule has 0 aromatic carbocycles. The van der Waals surface area contributed by atoms with E-state index in [1.165, 1.54) is 0 Å². The van der Waals surface area contributed by atoms with Crippen LogP contribution in [0.15, 0.2) is 21.1 Å². The molecule has 0 aliphatic heterocycles. The smallest absolute Gasteiger partial charge is 0.293 e. The Kier molecular flexibility index (Phi) is 5.08. The average molecular weight is 267 g/mol. The highest BCUT2D eigenvalue weighted by Crippen LogP contribution is 2.20. The van der Waals surface area contributed by atoms with Crippen LogP contribution in [0, 0.1) is 0 Å². The number of aromatic nitrogens is 2. The molecule has 0 spiro atoms. The molecule has 0 saturated carbocycles. The maximum atomic E-state index is 5.46. The van der Waals surface area contributed by atoms with Gasteiger partial charge in [-0.15, -0.1) is 0 Å². The van der Waals surface area contributed by atoms with E-state index >= 15 is 0 Å². The van der Waals surface area contributed by atoms with Crippen LogP contribution in [0.25, 0.3) is 11.7 Å². The van der Waals surface area contributed by atoms with E-state index < -0.39 is 0 Å². The average Bonchev–Trinajstić information content (AvgIpc) is 3.07. The molecule has 0 bridgehead atoms. The summed E-state index contributed by atoms with van der Waals surface area (Å²) >= 11 is 0. The zero-order valence-electron chi connectivity index (χ0n) is 10.8. The minimum atomic E-state index is 0.342. The third-order valence-electron chi connectivity index (χ3n) is 2.44. The summed E-state index contributed by atoms with van der Waals surface area (Å²) in [7, 11) is 1.63. The lowest BCUT2D eigenvalue weighted by atomic mass is 10.4. The number of nitrogens with two attached hydrogens (primary N) is 1. The predicted octanol–water partition coefficient (Wildman–Crippen LogP) is 0.994. The van der Waals surface area contributed by atoms with Crippen LogP contribution in [0.2, 0.25) is 0 Å². The van der Waals surface area contributed by atoms with Crippen LogP contribution in [0.1, 0.15) is 11.6 Å². The standard InChI is InChI=1S/C12H17N3O4/c1-16-6-7-17-5-4-11-14-12(19-15-11)10-3-2-9(8-13)18-10/h2-3H,4-8,13H2,1H3. The quantitative estimate of drug-likeness (QED) is 0.712. The van der Waals surface area contributed by atoms with Gasteiger partial charge >= 0.3 is 0 Å². The number of nitrogens with zero attached hydrogens (tertiary/aromatic N) is 2. The number of furan rings is 1. The fourth-order valence-electron chi connectivity index (χ4n) is 1.47. The number of hydrogen-bond donors (Lipinski definition) is 1. The highest BCUT2D eigenvalue weighted by Gasteiger charge is 2.12. The van der Waals surface area contributed by atoms with Crippen molar-refractivity contribution >= 4 is 0 Å². The SMILES string of the molecule is COCCOCCc1noc(-c2ccc(CN)o2)n1. The van der Waals surface area contributed by atoms with Crippen LogP contribution in [0.3, 0.4) is 0 Å². The summed E-state index contributed by atoms with van der Waals surface area (Å²) in [5.41, 5.74) is 5.46. The maximum Gasteiger partial charge on any atom is 0.293 e. The molecule has 0 radical (unpaired) electrons. The molecule has 2 N–H and O–H groups in total. The summed E-state index contributed by atoms with van der Waals surface area (Å²) < 4.78 is 20.7. The van der Waals surface area contributed by atoms with Gasteiger partial charge in [0.15, 0.2) is 11.6 Å². The topological polar surface area (TPSA) is 96.5 Å². The molecule has 104 valence electrons. The number of hydrogen-bond acceptors (Lipinski definition) is 7. The van der Waals surface area contributed by atoms with Gasteiger partial charge in [0.05, 0.1) is 26.4 Å². The summed E-state index contributed by atoms with van der Waals surface area (Å²) in [5.74, 6) is 2.14. The van der Waals surface area contributed by atoms with Gasteiger partial charge in [-0.1, -0.05) is 5.16 Å². The van der Waals surface area contributed by atoms with Crippen molar-refractivity contribution in [1.29, 1.82) is 0 Å². The van der Waals surface area contributed by atoms with E-state index in [0.29, 0.717) is 56.0 Å². The first kappa shape index (κ1) is 13.7. The molecule has 0 aliphatic carbocycles. The first-order valence-electron chi connectivity index (χ1n) is 6.02. The molecule has 0 aliphatic rings. The van der Waals surface area contributed by atoms with Crippen molar-refractivity contribution in [2.24, 2.45) is 5.73 Å². The highest BCUT2D eigenvalue weighted by molar-refractivity contribution is 5.44. The molecule has 0 atom stereocenters. The Balaban J connectivity index is 1.84. The molecular weight excluding hydrogens is 250 g/mol. The minimum absolute atomic E-state index is 0.342. The van der Waals surface area contributed by atoms with E-state index in [0.717, 1.165) is 0 Å². The second-order valence-electron chi connectivity index (χ2n) is 3.84. The van der Waals surface area contributed by atoms with Crippen LogP contribution in [0.5, 0.6) is 0 Å². The van der Waals surface area contributed by atoms with Gasteiger partial charge < -0.3 is 24.1 Å². The van der Waals surface area contributed by atoms with Crippen LogP contribution >= 0.6 is 0 Å². The van der Waals surface area contributed by atoms with Gasteiger partial charge in [0.1, 0.15) is 5.76 Å². The van der Waals surface area contributed by atoms with E-state index in [1.54, 1.807) is 19.2 Å². The molecule has 19 heavy (non-hydrogen) atoms. The normalized spacial score (nSPS) is 11.1. The molecule has 2 rings (SSSR count). The second kappa shape index (κ2) is 7.03. The number of methoxy groups -OCH3 is 1. The summed E-state index contributed by atoms with van der Waals surface area (Å²) in [6.45, 7) is 1.99. The summed E-state index contributed by atoms with van der Waals surface area (Å²) in [6.07, 6.45) is 0.581. The van der Waals surface area contributed by atoms with Crippen molar-refractivity contribution in [1.82, 2.24) is 10.1 Å². The van der Waals surface area contributed by atoms with E-state index in [-0.39, 0.29) is 0 Å². The van der Waals surface area contributed by atoms with Crippen LogP contribution in [0.4, 0.5) is 0 Å². The van der Waals surface area contributed by atoms with Gasteiger partial charge in [0, 0.05) is 13.5 Å². The Hall–Kier alpha value is -1.70. The third-order valence-corrected chi connectivity index (χ3v) is 2.44. The van der Waals surface area contributed by atoms with Crippen molar-refractivity contribution in [3.05, 3.63) is 23.7 Å². The monoisotopic (exact) mass is 267 g/mol. The molecule has 0 unspecified atom stereocenters. The summed E-state index contributed by atoms with van der Waals surface area (Å²) in [6, 6.07) is 3.54. The van der Waals surface area contributed by atoms with Crippen LogP contribution < -0.4 is 5.73 Å². The number of ether oxygens (including phenoxy) is 2. The first-order chi connectivity index (χ1) is 9.33. The maximum absolute atomic E-state index is 5.46. The van der Waals surface area contributed by atoms with Gasteiger partial charge in [0.25, 0.3) is 5.89 Å². The van der Waals surface area contributed by atoms with Gasteiger partial charge in [0.2, 0.25) is 0 Å². The molecule has 0 fully saturated rings. The molecule has 0 saturated heterocycles. The molecule has 2 aromatic heterocycles. The van der Waals surface area contributed by atoms with E-state index in [9.17, 15) is 0 Å². The van der Waals surface area contributed by atoms with Crippen LogP contribution in [-0.2, 0) is 22.4 Å². The Bertz CT molecular complexity index is 495. The number of rotatable bonds is 8. The van der Waals surface area contributed by atoms with Crippen molar-refractivity contribution in [3.63, 3.8) is 0 Å². The first-order valence-corrected chi connectivity index (χ1v) is 6.02. The van der Waals surface area contributed by atoms with Gasteiger partial charge in [-0.3, -0.25) is 0 Å². The van der Waals surface area contributed by atoms with Crippen molar-refractivity contribution in [2.75, 3.05) is 26.9 Å². The molecule has 7 heteroatoms. The second-order valence-corrected chi connectivity index (χ2v) is 3.84.